The molecule has 2 aromatic rings. The summed E-state index contributed by atoms with van der Waals surface area (Å²) < 4.78 is 43.7. The molecule has 2 heterocycles. The molecule has 174 valence electrons. The molecule has 1 fully saturated rings. The van der Waals surface area contributed by atoms with Crippen LogP contribution in [-0.4, -0.2) is 66.8 Å². The highest BCUT2D eigenvalue weighted by Crippen LogP contribution is 2.26. The first-order valence-corrected chi connectivity index (χ1v) is 11.7. The molecule has 3 atom stereocenters. The lowest BCUT2D eigenvalue weighted by Gasteiger charge is -2.43. The highest BCUT2D eigenvalue weighted by molar-refractivity contribution is 7.86. The number of urea groups is 1. The van der Waals surface area contributed by atoms with Crippen molar-refractivity contribution in [2.75, 3.05) is 31.3 Å². The van der Waals surface area contributed by atoms with Gasteiger partial charge in [-0.1, -0.05) is 12.1 Å². The van der Waals surface area contributed by atoms with E-state index in [9.17, 15) is 13.2 Å². The van der Waals surface area contributed by atoms with Gasteiger partial charge in [0.2, 0.25) is 0 Å². The van der Waals surface area contributed by atoms with Gasteiger partial charge in [0, 0.05) is 45.0 Å². The second kappa shape index (κ2) is 9.90. The summed E-state index contributed by atoms with van der Waals surface area (Å²) in [7, 11) is -0.729. The number of nitrogens with zero attached hydrogens (tertiary/aromatic N) is 3. The van der Waals surface area contributed by atoms with Crippen LogP contribution in [0, 0.1) is 5.82 Å². The molecule has 3 N–H and O–H groups in total. The van der Waals surface area contributed by atoms with E-state index in [1.807, 2.05) is 13.8 Å². The molecule has 3 rings (SSSR count). The van der Waals surface area contributed by atoms with E-state index in [1.54, 1.807) is 30.5 Å². The minimum atomic E-state index is -3.69. The number of carbonyl (C=O) groups is 1. The van der Waals surface area contributed by atoms with Crippen LogP contribution >= 0.6 is 0 Å². The van der Waals surface area contributed by atoms with Crippen LogP contribution in [0.1, 0.15) is 19.4 Å². The normalized spacial score (nSPS) is 22.0. The lowest BCUT2D eigenvalue weighted by molar-refractivity contribution is 0.174. The van der Waals surface area contributed by atoms with E-state index in [0.29, 0.717) is 11.3 Å². The number of halogens is 1. The largest absolute Gasteiger partial charge is 0.323 e. The lowest BCUT2D eigenvalue weighted by Crippen LogP contribution is -2.64. The summed E-state index contributed by atoms with van der Waals surface area (Å²) in [5.74, 6) is -0.596. The summed E-state index contributed by atoms with van der Waals surface area (Å²) in [6, 6.07) is 6.70. The van der Waals surface area contributed by atoms with Crippen LogP contribution in [0.5, 0.6) is 0 Å². The minimum absolute atomic E-state index is 0.00990. The van der Waals surface area contributed by atoms with Gasteiger partial charge in [-0.3, -0.25) is 4.98 Å². The zero-order valence-electron chi connectivity index (χ0n) is 18.5. The van der Waals surface area contributed by atoms with Crippen molar-refractivity contribution >= 4 is 27.6 Å². The number of anilines is 2. The number of hydrogen-bond donors (Lipinski definition) is 3. The number of hydrogen-bond acceptors (Lipinski definition) is 5. The smallest absolute Gasteiger partial charge is 0.309 e. The standard InChI is InChI=1S/C21H29FN6O3S/c1-14-13-28(32(30,31)27(3)4)19(15(2)24-14)11-16-7-5-9-18(20(16)22)26-21(29)25-17-8-6-10-23-12-17/h5-10,12,14-15,19,24H,11,13H2,1-4H3,(H2,25,26,29). The van der Waals surface area contributed by atoms with Crippen LogP contribution in [0.3, 0.4) is 0 Å². The lowest BCUT2D eigenvalue weighted by atomic mass is 9.96. The van der Waals surface area contributed by atoms with Gasteiger partial charge in [0.05, 0.1) is 17.6 Å². The van der Waals surface area contributed by atoms with E-state index in [0.717, 1.165) is 0 Å². The summed E-state index contributed by atoms with van der Waals surface area (Å²) in [5.41, 5.74) is 0.800. The SMILES string of the molecule is CC1CN(S(=O)(=O)N(C)C)C(Cc2cccc(NC(=O)Nc3cccnc3)c2F)C(C)N1. The number of benzene rings is 1. The maximum atomic E-state index is 15.3. The third kappa shape index (κ3) is 5.41. The van der Waals surface area contributed by atoms with E-state index >= 15 is 4.39 Å². The van der Waals surface area contributed by atoms with Crippen molar-refractivity contribution in [3.63, 3.8) is 0 Å². The van der Waals surface area contributed by atoms with Crippen molar-refractivity contribution in [2.24, 2.45) is 0 Å². The molecule has 1 saturated heterocycles. The molecule has 11 heteroatoms. The Hall–Kier alpha value is -2.60. The Morgan fingerprint density at radius 1 is 1.25 bits per heavy atom. The van der Waals surface area contributed by atoms with Crippen molar-refractivity contribution in [3.05, 3.63) is 54.1 Å². The number of aromatic nitrogens is 1. The van der Waals surface area contributed by atoms with Crippen LogP contribution in [0.15, 0.2) is 42.7 Å². The summed E-state index contributed by atoms with van der Waals surface area (Å²) in [4.78, 5) is 16.2. The quantitative estimate of drug-likeness (QED) is 0.608. The molecule has 32 heavy (non-hydrogen) atoms. The fraction of sp³-hybridized carbons (Fsp3) is 0.429. The molecule has 0 radical (unpaired) electrons. The number of carbonyl (C=O) groups excluding carboxylic acids is 1. The Kier molecular flexibility index (Phi) is 7.44. The number of nitrogens with one attached hydrogen (secondary N) is 3. The Balaban J connectivity index is 1.81. The molecule has 3 unspecified atom stereocenters. The molecule has 1 aliphatic heterocycles. The maximum absolute atomic E-state index is 15.3. The van der Waals surface area contributed by atoms with Crippen molar-refractivity contribution in [1.29, 1.82) is 0 Å². The van der Waals surface area contributed by atoms with Crippen LogP contribution in [-0.2, 0) is 16.6 Å². The fourth-order valence-electron chi connectivity index (χ4n) is 3.80. The molecule has 1 aromatic heterocycles. The van der Waals surface area contributed by atoms with Crippen molar-refractivity contribution in [3.8, 4) is 0 Å². The number of pyridine rings is 1. The zero-order valence-corrected chi connectivity index (χ0v) is 19.4. The highest BCUT2D eigenvalue weighted by atomic mass is 32.2. The van der Waals surface area contributed by atoms with Gasteiger partial charge in [-0.15, -0.1) is 0 Å². The van der Waals surface area contributed by atoms with Gasteiger partial charge >= 0.3 is 6.03 Å². The van der Waals surface area contributed by atoms with Gasteiger partial charge in [-0.05, 0) is 44.0 Å². The van der Waals surface area contributed by atoms with E-state index in [1.165, 1.54) is 35.0 Å². The van der Waals surface area contributed by atoms with Gasteiger partial charge < -0.3 is 16.0 Å². The monoisotopic (exact) mass is 464 g/mol. The topological polar surface area (TPSA) is 107 Å². The Labute approximate surface area is 188 Å². The van der Waals surface area contributed by atoms with Gasteiger partial charge in [0.25, 0.3) is 10.2 Å². The Morgan fingerprint density at radius 3 is 2.66 bits per heavy atom. The van der Waals surface area contributed by atoms with Crippen LogP contribution < -0.4 is 16.0 Å². The van der Waals surface area contributed by atoms with Crippen molar-refractivity contribution in [1.82, 2.24) is 18.9 Å². The van der Waals surface area contributed by atoms with Gasteiger partial charge in [-0.2, -0.15) is 17.0 Å². The molecule has 1 aliphatic rings. The van der Waals surface area contributed by atoms with E-state index in [4.69, 9.17) is 0 Å². The molecule has 2 amide bonds. The second-order valence-electron chi connectivity index (χ2n) is 8.09. The van der Waals surface area contributed by atoms with Crippen LogP contribution in [0.4, 0.5) is 20.6 Å². The first kappa shape index (κ1) is 24.1. The van der Waals surface area contributed by atoms with E-state index < -0.39 is 28.1 Å². The molecule has 0 saturated carbocycles. The van der Waals surface area contributed by atoms with E-state index in [-0.39, 0.29) is 30.7 Å². The van der Waals surface area contributed by atoms with Gasteiger partial charge in [0.1, 0.15) is 5.82 Å². The molecule has 0 aliphatic carbocycles. The molecular formula is C21H29FN6O3S. The van der Waals surface area contributed by atoms with Crippen molar-refractivity contribution in [2.45, 2.75) is 38.4 Å². The summed E-state index contributed by atoms with van der Waals surface area (Å²) in [6.07, 6.45) is 3.21. The molecule has 0 bridgehead atoms. The maximum Gasteiger partial charge on any atom is 0.323 e. The molecule has 0 spiro atoms. The van der Waals surface area contributed by atoms with E-state index in [2.05, 4.69) is 20.9 Å². The highest BCUT2D eigenvalue weighted by Gasteiger charge is 2.40. The fourth-order valence-corrected chi connectivity index (χ4v) is 5.23. The van der Waals surface area contributed by atoms with Crippen LogP contribution in [0.2, 0.25) is 0 Å². The average molecular weight is 465 g/mol. The Morgan fingerprint density at radius 2 is 2.00 bits per heavy atom. The Bertz CT molecular complexity index is 1050. The number of rotatable bonds is 6. The minimum Gasteiger partial charge on any atom is -0.309 e. The zero-order chi connectivity index (χ0) is 23.5. The number of amides is 2. The molecule has 9 nitrogen and oxygen atoms in total. The summed E-state index contributed by atoms with van der Waals surface area (Å²) >= 11 is 0. The average Bonchev–Trinajstić information content (AvgIpc) is 2.73. The third-order valence-corrected chi connectivity index (χ3v) is 7.32. The third-order valence-electron chi connectivity index (χ3n) is 5.38. The van der Waals surface area contributed by atoms with Gasteiger partial charge in [0.15, 0.2) is 0 Å². The number of piperazine rings is 1. The second-order valence-corrected chi connectivity index (χ2v) is 10.2. The van der Waals surface area contributed by atoms with Gasteiger partial charge in [-0.25, -0.2) is 9.18 Å². The van der Waals surface area contributed by atoms with Crippen LogP contribution in [0.25, 0.3) is 0 Å². The predicted molar refractivity (Wildman–Crippen MR) is 122 cm³/mol. The summed E-state index contributed by atoms with van der Waals surface area (Å²) in [6.45, 7) is 4.08. The molecule has 1 aromatic carbocycles. The van der Waals surface area contributed by atoms with Crippen molar-refractivity contribution < 1.29 is 17.6 Å². The predicted octanol–water partition coefficient (Wildman–Crippen LogP) is 2.26. The molecular weight excluding hydrogens is 435 g/mol. The summed E-state index contributed by atoms with van der Waals surface area (Å²) in [5, 5.41) is 8.44. The first-order valence-electron chi connectivity index (χ1n) is 10.3. The first-order chi connectivity index (χ1) is 15.1.